The number of nitrogens with zero attached hydrogens (tertiary/aromatic N) is 5. The second-order valence-electron chi connectivity index (χ2n) is 8.81. The maximum Gasteiger partial charge on any atom is 0.254 e. The number of hydrogen-bond donors (Lipinski definition) is 2. The third-order valence-corrected chi connectivity index (χ3v) is 5.92. The Hall–Kier alpha value is -3.78. The Morgan fingerprint density at radius 2 is 1.79 bits per heavy atom. The molecule has 2 heterocycles. The molecule has 176 valence electrons. The maximum absolute atomic E-state index is 12.7. The Morgan fingerprint density at radius 1 is 1.06 bits per heavy atom. The van der Waals surface area contributed by atoms with Gasteiger partial charge < -0.3 is 16.0 Å². The van der Waals surface area contributed by atoms with Crippen molar-refractivity contribution < 1.29 is 4.79 Å². The summed E-state index contributed by atoms with van der Waals surface area (Å²) < 4.78 is 1.63. The lowest BCUT2D eigenvalue weighted by Crippen LogP contribution is -2.23. The smallest absolute Gasteiger partial charge is 0.254 e. The fraction of sp³-hybridized carbons (Fsp3) is 0.308. The van der Waals surface area contributed by atoms with Crippen LogP contribution in [-0.4, -0.2) is 44.5 Å². The van der Waals surface area contributed by atoms with Crippen LogP contribution >= 0.6 is 0 Å². The van der Waals surface area contributed by atoms with Gasteiger partial charge in [0.15, 0.2) is 0 Å². The van der Waals surface area contributed by atoms with Gasteiger partial charge in [-0.2, -0.15) is 9.50 Å². The molecule has 0 saturated carbocycles. The number of aromatic nitrogens is 4. The largest absolute Gasteiger partial charge is 0.366 e. The molecule has 1 amide bonds. The van der Waals surface area contributed by atoms with E-state index in [1.54, 1.807) is 4.52 Å². The van der Waals surface area contributed by atoms with Crippen LogP contribution in [0.4, 0.5) is 5.95 Å². The first-order valence-electron chi connectivity index (χ1n) is 11.4. The normalized spacial score (nSPS) is 11.3. The van der Waals surface area contributed by atoms with E-state index in [1.165, 1.54) is 5.56 Å². The minimum absolute atomic E-state index is 0.00636. The van der Waals surface area contributed by atoms with E-state index in [1.807, 2.05) is 26.0 Å². The molecule has 8 nitrogen and oxygen atoms in total. The monoisotopic (exact) mass is 457 g/mol. The van der Waals surface area contributed by atoms with E-state index in [-0.39, 0.29) is 11.9 Å². The van der Waals surface area contributed by atoms with Crippen LogP contribution in [0.3, 0.4) is 0 Å². The fourth-order valence-corrected chi connectivity index (χ4v) is 4.22. The van der Waals surface area contributed by atoms with Crippen molar-refractivity contribution in [2.75, 3.05) is 19.8 Å². The van der Waals surface area contributed by atoms with Crippen LogP contribution in [0.15, 0.2) is 48.5 Å². The predicted octanol–water partition coefficient (Wildman–Crippen LogP) is 3.30. The van der Waals surface area contributed by atoms with Crippen LogP contribution in [0.5, 0.6) is 0 Å². The van der Waals surface area contributed by atoms with Gasteiger partial charge >= 0.3 is 0 Å². The highest BCUT2D eigenvalue weighted by Crippen LogP contribution is 2.24. The minimum Gasteiger partial charge on any atom is -0.366 e. The average molecular weight is 458 g/mol. The molecule has 0 bridgehead atoms. The number of nitrogen functional groups attached to an aromatic ring is 1. The van der Waals surface area contributed by atoms with Crippen molar-refractivity contribution in [2.45, 2.75) is 39.8 Å². The minimum atomic E-state index is -0.00636. The van der Waals surface area contributed by atoms with E-state index < -0.39 is 0 Å². The summed E-state index contributed by atoms with van der Waals surface area (Å²) in [4.78, 5) is 23.4. The van der Waals surface area contributed by atoms with Crippen LogP contribution in [-0.2, 0) is 24.3 Å². The van der Waals surface area contributed by atoms with Crippen molar-refractivity contribution in [3.05, 3.63) is 76.6 Å². The number of carbonyl (C=O) groups is 1. The summed E-state index contributed by atoms with van der Waals surface area (Å²) in [5.41, 5.74) is 13.1. The lowest BCUT2D eigenvalue weighted by Gasteiger charge is -2.13. The molecule has 34 heavy (non-hydrogen) atoms. The molecular formula is C26H31N7O. The van der Waals surface area contributed by atoms with Crippen LogP contribution in [0.25, 0.3) is 16.9 Å². The third kappa shape index (κ3) is 5.23. The molecule has 3 N–H and O–H groups in total. The zero-order chi connectivity index (χ0) is 24.2. The van der Waals surface area contributed by atoms with Gasteiger partial charge in [-0.05, 0) is 62.2 Å². The first-order chi connectivity index (χ1) is 16.3. The van der Waals surface area contributed by atoms with Gasteiger partial charge in [-0.1, -0.05) is 48.5 Å². The molecule has 0 radical (unpaired) electrons. The van der Waals surface area contributed by atoms with E-state index in [2.05, 4.69) is 75.8 Å². The topological polar surface area (TPSA) is 101 Å². The summed E-state index contributed by atoms with van der Waals surface area (Å²) in [6.07, 6.45) is 0.932. The lowest BCUT2D eigenvalue weighted by molar-refractivity contribution is -0.121. The van der Waals surface area contributed by atoms with Crippen molar-refractivity contribution in [1.82, 2.24) is 29.8 Å². The molecule has 0 unspecified atom stereocenters. The summed E-state index contributed by atoms with van der Waals surface area (Å²) in [5, 5.41) is 7.27. The number of amides is 1. The van der Waals surface area contributed by atoms with E-state index >= 15 is 0 Å². The van der Waals surface area contributed by atoms with E-state index in [4.69, 9.17) is 5.73 Å². The van der Waals surface area contributed by atoms with Crippen LogP contribution < -0.4 is 11.1 Å². The van der Waals surface area contributed by atoms with E-state index in [0.29, 0.717) is 25.2 Å². The van der Waals surface area contributed by atoms with E-state index in [9.17, 15) is 4.79 Å². The molecular weight excluding hydrogens is 426 g/mol. The second kappa shape index (κ2) is 10.0. The first-order valence-corrected chi connectivity index (χ1v) is 11.4. The second-order valence-corrected chi connectivity index (χ2v) is 8.81. The molecule has 0 fully saturated rings. The molecule has 0 aliphatic rings. The Bertz CT molecular complexity index is 1310. The molecule has 0 atom stereocenters. The number of rotatable bonds is 8. The molecule has 0 spiro atoms. The van der Waals surface area contributed by atoms with Crippen molar-refractivity contribution in [3.63, 3.8) is 0 Å². The van der Waals surface area contributed by atoms with E-state index in [0.717, 1.165) is 40.2 Å². The van der Waals surface area contributed by atoms with Gasteiger partial charge in [0.1, 0.15) is 0 Å². The summed E-state index contributed by atoms with van der Waals surface area (Å²) >= 11 is 0. The average Bonchev–Trinajstić information content (AvgIpc) is 3.18. The van der Waals surface area contributed by atoms with Crippen molar-refractivity contribution in [2.24, 2.45) is 0 Å². The summed E-state index contributed by atoms with van der Waals surface area (Å²) in [6.45, 7) is 5.25. The molecule has 2 aromatic carbocycles. The Kier molecular flexibility index (Phi) is 6.88. The highest BCUT2D eigenvalue weighted by atomic mass is 16.1. The molecule has 0 aliphatic carbocycles. The Labute approximate surface area is 199 Å². The van der Waals surface area contributed by atoms with Gasteiger partial charge in [0.2, 0.25) is 11.9 Å². The fourth-order valence-electron chi connectivity index (χ4n) is 4.22. The number of aryl methyl sites for hydroxylation is 2. The molecule has 2 aromatic heterocycles. The Morgan fingerprint density at radius 3 is 2.53 bits per heavy atom. The van der Waals surface area contributed by atoms with Crippen molar-refractivity contribution in [1.29, 1.82) is 0 Å². The summed E-state index contributed by atoms with van der Waals surface area (Å²) in [6, 6.07) is 16.8. The zero-order valence-corrected chi connectivity index (χ0v) is 20.2. The molecule has 0 aliphatic heterocycles. The predicted molar refractivity (Wildman–Crippen MR) is 134 cm³/mol. The van der Waals surface area contributed by atoms with Crippen LogP contribution in [0, 0.1) is 13.8 Å². The van der Waals surface area contributed by atoms with Crippen molar-refractivity contribution >= 4 is 17.6 Å². The molecule has 4 aromatic rings. The zero-order valence-electron chi connectivity index (χ0n) is 20.2. The van der Waals surface area contributed by atoms with Gasteiger partial charge in [0.25, 0.3) is 5.78 Å². The number of nitrogens with one attached hydrogen (secondary N) is 1. The summed E-state index contributed by atoms with van der Waals surface area (Å²) in [7, 11) is 4.13. The highest BCUT2D eigenvalue weighted by Gasteiger charge is 2.14. The highest BCUT2D eigenvalue weighted by molar-refractivity contribution is 5.77. The molecule has 4 rings (SSSR count). The van der Waals surface area contributed by atoms with Crippen molar-refractivity contribution in [3.8, 4) is 11.1 Å². The van der Waals surface area contributed by atoms with Gasteiger partial charge in [0, 0.05) is 30.9 Å². The van der Waals surface area contributed by atoms with Gasteiger partial charge in [0.05, 0.1) is 0 Å². The SMILES string of the molecule is Cc1nc2nc(N)nn2c(C)c1CCC(=O)NCc1ccccc1-c1ccc(CN(C)C)cc1. The number of fused-ring (bicyclic) bond motifs is 1. The van der Waals surface area contributed by atoms with Gasteiger partial charge in [-0.15, -0.1) is 5.10 Å². The van der Waals surface area contributed by atoms with Gasteiger partial charge in [-0.3, -0.25) is 4.79 Å². The third-order valence-electron chi connectivity index (χ3n) is 5.92. The standard InChI is InChI=1S/C26H31N7O/c1-17-22(18(2)33-26(29-17)30-25(27)31-33)13-14-24(34)28-15-21-7-5-6-8-23(21)20-11-9-19(10-12-20)16-32(3)4/h5-12H,13-16H2,1-4H3,(H2,27,31)(H,28,34). The Balaban J connectivity index is 1.41. The van der Waals surface area contributed by atoms with Gasteiger partial charge in [-0.25, -0.2) is 4.98 Å². The summed E-state index contributed by atoms with van der Waals surface area (Å²) in [5.74, 6) is 0.663. The first kappa shape index (κ1) is 23.4. The van der Waals surface area contributed by atoms with Crippen LogP contribution in [0.2, 0.25) is 0 Å². The number of nitrogens with two attached hydrogens (primary N) is 1. The number of hydrogen-bond acceptors (Lipinski definition) is 6. The quantitative estimate of drug-likeness (QED) is 0.421. The number of anilines is 1. The molecule has 8 heteroatoms. The number of carbonyl (C=O) groups excluding carboxylic acids is 1. The molecule has 0 saturated heterocycles. The maximum atomic E-state index is 12.7. The number of benzene rings is 2. The van der Waals surface area contributed by atoms with Crippen LogP contribution in [0.1, 0.15) is 34.5 Å². The lowest BCUT2D eigenvalue weighted by atomic mass is 9.98.